The molecule has 24 heavy (non-hydrogen) atoms. The molecule has 120 valence electrons. The summed E-state index contributed by atoms with van der Waals surface area (Å²) in [5, 5.41) is 0.811. The van der Waals surface area contributed by atoms with Crippen LogP contribution in [0.1, 0.15) is 11.7 Å². The van der Waals surface area contributed by atoms with E-state index in [1.54, 1.807) is 0 Å². The summed E-state index contributed by atoms with van der Waals surface area (Å²) in [6, 6.07) is 29.3. The largest absolute Gasteiger partial charge is 0.346 e. The van der Waals surface area contributed by atoms with Crippen molar-refractivity contribution in [1.29, 1.82) is 0 Å². The number of hydrogen-bond acceptors (Lipinski definition) is 2. The van der Waals surface area contributed by atoms with E-state index in [1.165, 1.54) is 11.4 Å². The molecule has 1 fully saturated rings. The van der Waals surface area contributed by atoms with Gasteiger partial charge >= 0.3 is 0 Å². The van der Waals surface area contributed by atoms with Crippen LogP contribution in [0.2, 0.25) is 5.02 Å². The summed E-state index contributed by atoms with van der Waals surface area (Å²) in [4.78, 5) is 4.85. The zero-order valence-corrected chi connectivity index (χ0v) is 14.1. The molecule has 0 unspecified atom stereocenters. The summed E-state index contributed by atoms with van der Waals surface area (Å²) >= 11 is 6.56. The van der Waals surface area contributed by atoms with E-state index in [0.29, 0.717) is 0 Å². The van der Waals surface area contributed by atoms with E-state index in [0.717, 1.165) is 23.7 Å². The molecule has 1 aliphatic rings. The first-order valence-corrected chi connectivity index (χ1v) is 8.60. The maximum absolute atomic E-state index is 6.56. The standard InChI is InChI=1S/C21H19ClN2/c22-20-14-8-7-13-19(20)21-23(17-9-3-1-4-10-17)15-16-24(21)18-11-5-2-6-12-18/h1-14,21H,15-16H2. The predicted octanol–water partition coefficient (Wildman–Crippen LogP) is 5.37. The number of hydrogen-bond donors (Lipinski definition) is 0. The van der Waals surface area contributed by atoms with Crippen LogP contribution in [-0.2, 0) is 0 Å². The van der Waals surface area contributed by atoms with Gasteiger partial charge in [-0.15, -0.1) is 0 Å². The Hall–Kier alpha value is -2.45. The van der Waals surface area contributed by atoms with E-state index >= 15 is 0 Å². The van der Waals surface area contributed by atoms with E-state index in [2.05, 4.69) is 82.6 Å². The minimum Gasteiger partial charge on any atom is -0.346 e. The fourth-order valence-corrected chi connectivity index (χ4v) is 3.66. The molecular formula is C21H19ClN2. The minimum atomic E-state index is 0.100. The molecule has 1 heterocycles. The van der Waals surface area contributed by atoms with Crippen LogP contribution in [0.5, 0.6) is 0 Å². The van der Waals surface area contributed by atoms with Crippen LogP contribution in [0.15, 0.2) is 84.9 Å². The van der Waals surface area contributed by atoms with Gasteiger partial charge in [-0.2, -0.15) is 0 Å². The van der Waals surface area contributed by atoms with Gasteiger partial charge in [0.1, 0.15) is 6.17 Å². The summed E-state index contributed by atoms with van der Waals surface area (Å²) in [6.07, 6.45) is 0.100. The summed E-state index contributed by atoms with van der Waals surface area (Å²) in [5.74, 6) is 0. The summed E-state index contributed by atoms with van der Waals surface area (Å²) in [5.41, 5.74) is 3.59. The zero-order valence-electron chi connectivity index (χ0n) is 13.3. The quantitative estimate of drug-likeness (QED) is 0.635. The second-order valence-electron chi connectivity index (χ2n) is 5.95. The first-order valence-electron chi connectivity index (χ1n) is 8.22. The van der Waals surface area contributed by atoms with Crippen molar-refractivity contribution in [3.63, 3.8) is 0 Å². The third-order valence-electron chi connectivity index (χ3n) is 4.53. The molecule has 3 aromatic carbocycles. The Kier molecular flexibility index (Phi) is 4.14. The van der Waals surface area contributed by atoms with Crippen LogP contribution in [0, 0.1) is 0 Å². The molecule has 1 aliphatic heterocycles. The zero-order chi connectivity index (χ0) is 16.4. The van der Waals surface area contributed by atoms with Crippen LogP contribution in [-0.4, -0.2) is 13.1 Å². The Morgan fingerprint density at radius 3 is 1.58 bits per heavy atom. The van der Waals surface area contributed by atoms with Crippen molar-refractivity contribution in [1.82, 2.24) is 0 Å². The van der Waals surface area contributed by atoms with Gasteiger partial charge in [-0.1, -0.05) is 66.2 Å². The van der Waals surface area contributed by atoms with Gasteiger partial charge < -0.3 is 9.80 Å². The number of nitrogens with zero attached hydrogens (tertiary/aromatic N) is 2. The molecular weight excluding hydrogens is 316 g/mol. The monoisotopic (exact) mass is 334 g/mol. The molecule has 0 N–H and O–H groups in total. The normalized spacial score (nSPS) is 15.0. The molecule has 0 atom stereocenters. The molecule has 0 amide bonds. The van der Waals surface area contributed by atoms with Gasteiger partial charge in [0.15, 0.2) is 0 Å². The van der Waals surface area contributed by atoms with Crippen molar-refractivity contribution in [3.05, 3.63) is 95.5 Å². The van der Waals surface area contributed by atoms with E-state index in [-0.39, 0.29) is 6.17 Å². The van der Waals surface area contributed by atoms with Crippen molar-refractivity contribution < 1.29 is 0 Å². The molecule has 3 heteroatoms. The Labute approximate surface area is 147 Å². The SMILES string of the molecule is Clc1ccccc1C1N(c2ccccc2)CCN1c1ccccc1. The van der Waals surface area contributed by atoms with E-state index in [1.807, 2.05) is 12.1 Å². The highest BCUT2D eigenvalue weighted by molar-refractivity contribution is 6.31. The summed E-state index contributed by atoms with van der Waals surface area (Å²) in [7, 11) is 0. The molecule has 0 aromatic heterocycles. The molecule has 3 aromatic rings. The number of anilines is 2. The highest BCUT2D eigenvalue weighted by atomic mass is 35.5. The van der Waals surface area contributed by atoms with Crippen molar-refractivity contribution in [3.8, 4) is 0 Å². The lowest BCUT2D eigenvalue weighted by atomic mass is 10.1. The van der Waals surface area contributed by atoms with Crippen LogP contribution in [0.4, 0.5) is 11.4 Å². The van der Waals surface area contributed by atoms with Gasteiger partial charge in [0, 0.05) is 35.1 Å². The van der Waals surface area contributed by atoms with Gasteiger partial charge in [0.2, 0.25) is 0 Å². The Bertz CT molecular complexity index is 757. The summed E-state index contributed by atoms with van der Waals surface area (Å²) in [6.45, 7) is 1.93. The van der Waals surface area contributed by atoms with Crippen LogP contribution in [0.3, 0.4) is 0 Å². The number of halogens is 1. The van der Waals surface area contributed by atoms with Gasteiger partial charge in [-0.25, -0.2) is 0 Å². The maximum Gasteiger partial charge on any atom is 0.130 e. The maximum atomic E-state index is 6.56. The number of benzene rings is 3. The lowest BCUT2D eigenvalue weighted by Crippen LogP contribution is -2.31. The predicted molar refractivity (Wildman–Crippen MR) is 102 cm³/mol. The van der Waals surface area contributed by atoms with E-state index < -0.39 is 0 Å². The number of para-hydroxylation sites is 2. The molecule has 1 saturated heterocycles. The average molecular weight is 335 g/mol. The van der Waals surface area contributed by atoms with Crippen molar-refractivity contribution in [2.24, 2.45) is 0 Å². The van der Waals surface area contributed by atoms with Crippen LogP contribution >= 0.6 is 11.6 Å². The second-order valence-corrected chi connectivity index (χ2v) is 6.36. The Morgan fingerprint density at radius 2 is 1.08 bits per heavy atom. The lowest BCUT2D eigenvalue weighted by molar-refractivity contribution is 0.718. The van der Waals surface area contributed by atoms with E-state index in [4.69, 9.17) is 11.6 Å². The Morgan fingerprint density at radius 1 is 0.625 bits per heavy atom. The third-order valence-corrected chi connectivity index (χ3v) is 4.88. The highest BCUT2D eigenvalue weighted by Crippen LogP contribution is 2.39. The topological polar surface area (TPSA) is 6.48 Å². The van der Waals surface area contributed by atoms with Crippen molar-refractivity contribution in [2.45, 2.75) is 6.17 Å². The average Bonchev–Trinajstić information content (AvgIpc) is 3.08. The number of rotatable bonds is 3. The van der Waals surface area contributed by atoms with Gasteiger partial charge in [0.25, 0.3) is 0 Å². The molecule has 0 saturated carbocycles. The smallest absolute Gasteiger partial charge is 0.130 e. The van der Waals surface area contributed by atoms with Crippen molar-refractivity contribution in [2.75, 3.05) is 22.9 Å². The first kappa shape index (κ1) is 15.1. The molecule has 0 aliphatic carbocycles. The van der Waals surface area contributed by atoms with Crippen LogP contribution < -0.4 is 9.80 Å². The lowest BCUT2D eigenvalue weighted by Gasteiger charge is -2.33. The molecule has 4 rings (SSSR count). The fourth-order valence-electron chi connectivity index (χ4n) is 3.43. The Balaban J connectivity index is 1.80. The van der Waals surface area contributed by atoms with Gasteiger partial charge in [-0.3, -0.25) is 0 Å². The summed E-state index contributed by atoms with van der Waals surface area (Å²) < 4.78 is 0. The highest BCUT2D eigenvalue weighted by Gasteiger charge is 2.34. The second kappa shape index (κ2) is 6.58. The van der Waals surface area contributed by atoms with Gasteiger partial charge in [-0.05, 0) is 30.3 Å². The fraction of sp³-hybridized carbons (Fsp3) is 0.143. The minimum absolute atomic E-state index is 0.100. The molecule has 0 radical (unpaired) electrons. The van der Waals surface area contributed by atoms with Crippen LogP contribution in [0.25, 0.3) is 0 Å². The van der Waals surface area contributed by atoms with Gasteiger partial charge in [0.05, 0.1) is 0 Å². The molecule has 2 nitrogen and oxygen atoms in total. The molecule has 0 bridgehead atoms. The third kappa shape index (κ3) is 2.74. The van der Waals surface area contributed by atoms with E-state index in [9.17, 15) is 0 Å². The molecule has 0 spiro atoms. The van der Waals surface area contributed by atoms with Crippen molar-refractivity contribution >= 4 is 23.0 Å². The first-order chi connectivity index (χ1) is 11.8.